The van der Waals surface area contributed by atoms with Crippen molar-refractivity contribution in [2.24, 2.45) is 0 Å². The summed E-state index contributed by atoms with van der Waals surface area (Å²) >= 11 is 0. The van der Waals surface area contributed by atoms with Crippen molar-refractivity contribution in [3.05, 3.63) is 28.4 Å². The summed E-state index contributed by atoms with van der Waals surface area (Å²) in [5.41, 5.74) is 0.0256. The summed E-state index contributed by atoms with van der Waals surface area (Å²) in [5.74, 6) is 0.697. The van der Waals surface area contributed by atoms with Crippen molar-refractivity contribution in [2.75, 3.05) is 25.0 Å². The lowest BCUT2D eigenvalue weighted by atomic mass is 10.0. The van der Waals surface area contributed by atoms with Crippen LogP contribution in [0.1, 0.15) is 32.6 Å². The van der Waals surface area contributed by atoms with E-state index in [1.807, 2.05) is 0 Å². The van der Waals surface area contributed by atoms with Crippen LogP contribution in [-0.2, 0) is 0 Å². The Morgan fingerprint density at radius 2 is 2.35 bits per heavy atom. The second-order valence-electron chi connectivity index (χ2n) is 5.32. The molecule has 1 aliphatic rings. The molecule has 110 valence electrons. The fraction of sp³-hybridized carbons (Fsp3) is 0.643. The normalized spacial score (nSPS) is 19.8. The molecule has 1 aromatic heterocycles. The number of pyridine rings is 1. The minimum atomic E-state index is -0.436. The first-order chi connectivity index (χ1) is 9.66. The Bertz CT molecular complexity index is 435. The van der Waals surface area contributed by atoms with E-state index < -0.39 is 4.92 Å². The lowest BCUT2D eigenvalue weighted by Crippen LogP contribution is -2.38. The lowest BCUT2D eigenvalue weighted by molar-refractivity contribution is -0.385. The van der Waals surface area contributed by atoms with Crippen LogP contribution < -0.4 is 5.32 Å². The summed E-state index contributed by atoms with van der Waals surface area (Å²) in [6.45, 7) is 5.44. The summed E-state index contributed by atoms with van der Waals surface area (Å²) < 4.78 is 0. The van der Waals surface area contributed by atoms with E-state index in [1.165, 1.54) is 38.1 Å². The SMILES string of the molecule is CC1CCCCN1CCCNc1ccc([N+](=O)[O-])cn1. The number of nitro groups is 1. The van der Waals surface area contributed by atoms with Gasteiger partial charge in [0.05, 0.1) is 4.92 Å². The smallest absolute Gasteiger partial charge is 0.287 e. The Balaban J connectivity index is 1.69. The highest BCUT2D eigenvalue weighted by Crippen LogP contribution is 2.16. The molecule has 0 radical (unpaired) electrons. The third kappa shape index (κ3) is 4.16. The third-order valence-electron chi connectivity index (χ3n) is 3.83. The van der Waals surface area contributed by atoms with Crippen molar-refractivity contribution in [3.63, 3.8) is 0 Å². The predicted octanol–water partition coefficient (Wildman–Crippen LogP) is 2.67. The Kier molecular flexibility index (Phi) is 5.29. The van der Waals surface area contributed by atoms with E-state index in [2.05, 4.69) is 22.1 Å². The molecular formula is C14H22N4O2. The number of likely N-dealkylation sites (tertiary alicyclic amines) is 1. The maximum atomic E-state index is 10.5. The minimum absolute atomic E-state index is 0.0256. The van der Waals surface area contributed by atoms with Gasteiger partial charge in [-0.25, -0.2) is 4.98 Å². The summed E-state index contributed by atoms with van der Waals surface area (Å²) in [4.78, 5) is 16.7. The maximum Gasteiger partial charge on any atom is 0.287 e. The van der Waals surface area contributed by atoms with E-state index in [4.69, 9.17) is 0 Å². The predicted molar refractivity (Wildman–Crippen MR) is 78.9 cm³/mol. The molecule has 20 heavy (non-hydrogen) atoms. The van der Waals surface area contributed by atoms with Crippen LogP contribution in [0.4, 0.5) is 11.5 Å². The summed E-state index contributed by atoms with van der Waals surface area (Å²) in [5, 5.41) is 13.7. The summed E-state index contributed by atoms with van der Waals surface area (Å²) in [6.07, 6.45) is 6.31. The number of aromatic nitrogens is 1. The zero-order valence-corrected chi connectivity index (χ0v) is 11.9. The first-order valence-electron chi connectivity index (χ1n) is 7.25. The van der Waals surface area contributed by atoms with Gasteiger partial charge in [0.15, 0.2) is 0 Å². The number of anilines is 1. The molecule has 1 saturated heterocycles. The van der Waals surface area contributed by atoms with Crippen LogP contribution in [0.2, 0.25) is 0 Å². The van der Waals surface area contributed by atoms with Crippen molar-refractivity contribution >= 4 is 11.5 Å². The topological polar surface area (TPSA) is 71.3 Å². The fourth-order valence-electron chi connectivity index (χ4n) is 2.59. The van der Waals surface area contributed by atoms with Crippen LogP contribution in [0, 0.1) is 10.1 Å². The maximum absolute atomic E-state index is 10.5. The first-order valence-corrected chi connectivity index (χ1v) is 7.25. The number of hydrogen-bond donors (Lipinski definition) is 1. The molecule has 0 bridgehead atoms. The molecule has 1 fully saturated rings. The number of nitrogens with zero attached hydrogens (tertiary/aromatic N) is 3. The molecule has 0 saturated carbocycles. The molecule has 0 amide bonds. The average molecular weight is 278 g/mol. The highest BCUT2D eigenvalue weighted by molar-refractivity contribution is 5.39. The molecule has 1 unspecified atom stereocenters. The second kappa shape index (κ2) is 7.19. The Hall–Kier alpha value is -1.69. The molecule has 6 heteroatoms. The second-order valence-corrected chi connectivity index (χ2v) is 5.32. The van der Waals surface area contributed by atoms with Crippen molar-refractivity contribution in [1.29, 1.82) is 0 Å². The molecular weight excluding hydrogens is 256 g/mol. The molecule has 0 aliphatic carbocycles. The van der Waals surface area contributed by atoms with Gasteiger partial charge in [-0.2, -0.15) is 0 Å². The van der Waals surface area contributed by atoms with Crippen molar-refractivity contribution < 1.29 is 4.92 Å². The first kappa shape index (κ1) is 14.7. The van der Waals surface area contributed by atoms with Crippen LogP contribution >= 0.6 is 0 Å². The molecule has 0 spiro atoms. The molecule has 1 atom stereocenters. The standard InChI is InChI=1S/C14H22N4O2/c1-12-5-2-3-9-17(12)10-4-8-15-14-7-6-13(11-16-14)18(19)20/h6-7,11-12H,2-5,8-10H2,1H3,(H,15,16). The van der Waals surface area contributed by atoms with Crippen LogP contribution in [0.15, 0.2) is 18.3 Å². The van der Waals surface area contributed by atoms with Gasteiger partial charge in [-0.15, -0.1) is 0 Å². The van der Waals surface area contributed by atoms with E-state index in [1.54, 1.807) is 6.07 Å². The van der Waals surface area contributed by atoms with Gasteiger partial charge in [-0.05, 0) is 38.8 Å². The van der Waals surface area contributed by atoms with Crippen molar-refractivity contribution in [1.82, 2.24) is 9.88 Å². The number of piperidine rings is 1. The average Bonchev–Trinajstić information content (AvgIpc) is 2.46. The van der Waals surface area contributed by atoms with Gasteiger partial charge >= 0.3 is 0 Å². The zero-order valence-electron chi connectivity index (χ0n) is 11.9. The van der Waals surface area contributed by atoms with Gasteiger partial charge in [0.25, 0.3) is 5.69 Å². The van der Waals surface area contributed by atoms with E-state index in [9.17, 15) is 10.1 Å². The molecule has 2 rings (SSSR count). The Morgan fingerprint density at radius 3 is 3.00 bits per heavy atom. The quantitative estimate of drug-likeness (QED) is 0.492. The van der Waals surface area contributed by atoms with Crippen molar-refractivity contribution in [3.8, 4) is 0 Å². The number of nitrogens with one attached hydrogen (secondary N) is 1. The lowest BCUT2D eigenvalue weighted by Gasteiger charge is -2.33. The zero-order chi connectivity index (χ0) is 14.4. The number of hydrogen-bond acceptors (Lipinski definition) is 5. The molecule has 1 N–H and O–H groups in total. The molecule has 2 heterocycles. The van der Waals surface area contributed by atoms with Gasteiger partial charge in [0.2, 0.25) is 0 Å². The highest BCUT2D eigenvalue weighted by Gasteiger charge is 2.16. The van der Waals surface area contributed by atoms with Crippen LogP contribution in [0.3, 0.4) is 0 Å². The Morgan fingerprint density at radius 1 is 1.50 bits per heavy atom. The van der Waals surface area contributed by atoms with Gasteiger partial charge in [-0.3, -0.25) is 10.1 Å². The van der Waals surface area contributed by atoms with Gasteiger partial charge in [0, 0.05) is 25.2 Å². The van der Waals surface area contributed by atoms with Crippen LogP contribution in [0.25, 0.3) is 0 Å². The van der Waals surface area contributed by atoms with Gasteiger partial charge in [-0.1, -0.05) is 6.42 Å². The molecule has 1 aromatic rings. The van der Waals surface area contributed by atoms with Gasteiger partial charge in [0.1, 0.15) is 12.0 Å². The fourth-order valence-corrected chi connectivity index (χ4v) is 2.59. The van der Waals surface area contributed by atoms with Crippen LogP contribution in [0.5, 0.6) is 0 Å². The van der Waals surface area contributed by atoms with E-state index in [-0.39, 0.29) is 5.69 Å². The van der Waals surface area contributed by atoms with Crippen LogP contribution in [-0.4, -0.2) is 40.5 Å². The summed E-state index contributed by atoms with van der Waals surface area (Å²) in [7, 11) is 0. The monoisotopic (exact) mass is 278 g/mol. The van der Waals surface area contributed by atoms with Crippen molar-refractivity contribution in [2.45, 2.75) is 38.6 Å². The van der Waals surface area contributed by atoms with E-state index in [0.717, 1.165) is 19.5 Å². The minimum Gasteiger partial charge on any atom is -0.370 e. The highest BCUT2D eigenvalue weighted by atomic mass is 16.6. The largest absolute Gasteiger partial charge is 0.370 e. The molecule has 0 aromatic carbocycles. The Labute approximate surface area is 119 Å². The summed E-state index contributed by atoms with van der Waals surface area (Å²) in [6, 6.07) is 3.82. The number of rotatable bonds is 6. The van der Waals surface area contributed by atoms with Gasteiger partial charge < -0.3 is 10.2 Å². The van der Waals surface area contributed by atoms with E-state index in [0.29, 0.717) is 11.9 Å². The third-order valence-corrected chi connectivity index (χ3v) is 3.83. The van der Waals surface area contributed by atoms with E-state index >= 15 is 0 Å². The molecule has 1 aliphatic heterocycles. The molecule has 6 nitrogen and oxygen atoms in total.